The van der Waals surface area contributed by atoms with Crippen LogP contribution in [0.15, 0.2) is 4.99 Å². The quantitative estimate of drug-likeness (QED) is 0.458. The lowest BCUT2D eigenvalue weighted by Crippen LogP contribution is -2.21. The lowest BCUT2D eigenvalue weighted by molar-refractivity contribution is 0.717. The van der Waals surface area contributed by atoms with Gasteiger partial charge in [-0.1, -0.05) is 12.8 Å². The first-order valence-electron chi connectivity index (χ1n) is 4.14. The van der Waals surface area contributed by atoms with Crippen LogP contribution < -0.4 is 5.73 Å². The molecule has 0 atom stereocenters. The Balaban J connectivity index is 2.39. The van der Waals surface area contributed by atoms with Gasteiger partial charge in [-0.15, -0.1) is 0 Å². The van der Waals surface area contributed by atoms with E-state index in [4.69, 9.17) is 5.73 Å². The Hall–Kier alpha value is -0.530. The molecule has 0 heterocycles. The van der Waals surface area contributed by atoms with E-state index in [1.165, 1.54) is 25.7 Å². The molecule has 2 N–H and O–H groups in total. The molecule has 0 unspecified atom stereocenters. The molecular formula is C8H16N2. The zero-order chi connectivity index (χ0) is 7.40. The van der Waals surface area contributed by atoms with Crippen molar-refractivity contribution < 1.29 is 0 Å². The topological polar surface area (TPSA) is 38.4 Å². The summed E-state index contributed by atoms with van der Waals surface area (Å²) in [6.07, 6.45) is 5.19. The van der Waals surface area contributed by atoms with Gasteiger partial charge in [0.2, 0.25) is 0 Å². The third-order valence-corrected chi connectivity index (χ3v) is 2.11. The number of hydrogen-bond acceptors (Lipinski definition) is 1. The Labute approximate surface area is 62.5 Å². The average Bonchev–Trinajstić information content (AvgIpc) is 2.38. The van der Waals surface area contributed by atoms with Crippen molar-refractivity contribution in [1.82, 2.24) is 0 Å². The van der Waals surface area contributed by atoms with E-state index in [0.29, 0.717) is 5.92 Å². The maximum Gasteiger partial charge on any atom is 0.0968 e. The lowest BCUT2D eigenvalue weighted by atomic mass is 10.1. The predicted octanol–water partition coefficient (Wildman–Crippen LogP) is 1.55. The van der Waals surface area contributed by atoms with E-state index >= 15 is 0 Å². The lowest BCUT2D eigenvalue weighted by Gasteiger charge is -2.06. The first kappa shape index (κ1) is 7.58. The second-order valence-corrected chi connectivity index (χ2v) is 2.88. The molecule has 0 aromatic carbocycles. The van der Waals surface area contributed by atoms with Crippen molar-refractivity contribution in [3.8, 4) is 0 Å². The fourth-order valence-electron chi connectivity index (χ4n) is 1.53. The van der Waals surface area contributed by atoms with Gasteiger partial charge in [-0.3, -0.25) is 4.99 Å². The van der Waals surface area contributed by atoms with Gasteiger partial charge in [-0.25, -0.2) is 0 Å². The van der Waals surface area contributed by atoms with Crippen molar-refractivity contribution in [2.75, 3.05) is 6.54 Å². The molecule has 1 fully saturated rings. The molecule has 2 heteroatoms. The summed E-state index contributed by atoms with van der Waals surface area (Å²) < 4.78 is 0. The first-order valence-corrected chi connectivity index (χ1v) is 4.14. The van der Waals surface area contributed by atoms with Gasteiger partial charge < -0.3 is 5.73 Å². The smallest absolute Gasteiger partial charge is 0.0968 e. The number of hydrogen-bond donors (Lipinski definition) is 1. The van der Waals surface area contributed by atoms with E-state index in [-0.39, 0.29) is 0 Å². The first-order chi connectivity index (χ1) is 4.84. The maximum atomic E-state index is 5.74. The molecule has 0 aromatic rings. The molecule has 0 amide bonds. The Morgan fingerprint density at radius 1 is 1.50 bits per heavy atom. The van der Waals surface area contributed by atoms with Gasteiger partial charge in [-0.05, 0) is 19.8 Å². The van der Waals surface area contributed by atoms with Gasteiger partial charge in [0.05, 0.1) is 5.84 Å². The largest absolute Gasteiger partial charge is 0.387 e. The highest BCUT2D eigenvalue weighted by molar-refractivity contribution is 5.82. The van der Waals surface area contributed by atoms with E-state index in [1.54, 1.807) is 0 Å². The van der Waals surface area contributed by atoms with Crippen molar-refractivity contribution in [2.24, 2.45) is 16.6 Å². The summed E-state index contributed by atoms with van der Waals surface area (Å²) in [6, 6.07) is 0. The van der Waals surface area contributed by atoms with Crippen LogP contribution in [0.5, 0.6) is 0 Å². The molecule has 1 aliphatic carbocycles. The molecule has 0 aliphatic heterocycles. The second kappa shape index (κ2) is 3.59. The fraction of sp³-hybridized carbons (Fsp3) is 0.875. The summed E-state index contributed by atoms with van der Waals surface area (Å²) in [5.41, 5.74) is 5.74. The van der Waals surface area contributed by atoms with Gasteiger partial charge in [0.1, 0.15) is 0 Å². The number of nitrogens with zero attached hydrogens (tertiary/aromatic N) is 1. The number of rotatable bonds is 2. The molecule has 1 aliphatic rings. The van der Waals surface area contributed by atoms with Crippen molar-refractivity contribution >= 4 is 5.84 Å². The van der Waals surface area contributed by atoms with Crippen LogP contribution in [-0.4, -0.2) is 12.4 Å². The van der Waals surface area contributed by atoms with Crippen LogP contribution in [0.3, 0.4) is 0 Å². The number of aliphatic imine (C=N–C) groups is 1. The minimum atomic E-state index is 0.611. The Bertz CT molecular complexity index is 123. The monoisotopic (exact) mass is 140 g/mol. The van der Waals surface area contributed by atoms with E-state index < -0.39 is 0 Å². The average molecular weight is 140 g/mol. The van der Waals surface area contributed by atoms with E-state index in [1.807, 2.05) is 6.92 Å². The molecule has 0 saturated heterocycles. The summed E-state index contributed by atoms with van der Waals surface area (Å²) in [4.78, 5) is 4.20. The summed E-state index contributed by atoms with van der Waals surface area (Å²) >= 11 is 0. The predicted molar refractivity (Wildman–Crippen MR) is 44.1 cm³/mol. The van der Waals surface area contributed by atoms with Crippen molar-refractivity contribution in [3.05, 3.63) is 0 Å². The zero-order valence-electron chi connectivity index (χ0n) is 6.64. The van der Waals surface area contributed by atoms with Gasteiger partial charge in [0.25, 0.3) is 0 Å². The second-order valence-electron chi connectivity index (χ2n) is 2.88. The highest BCUT2D eigenvalue weighted by atomic mass is 14.9. The molecule has 0 spiro atoms. The van der Waals surface area contributed by atoms with Crippen molar-refractivity contribution in [1.29, 1.82) is 0 Å². The third kappa shape index (κ3) is 1.72. The Kier molecular flexibility index (Phi) is 2.72. The minimum absolute atomic E-state index is 0.611. The number of amidine groups is 1. The minimum Gasteiger partial charge on any atom is -0.387 e. The SMILES string of the molecule is CCN=C(N)C1CCCC1. The van der Waals surface area contributed by atoms with Gasteiger partial charge >= 0.3 is 0 Å². The zero-order valence-corrected chi connectivity index (χ0v) is 6.64. The molecule has 10 heavy (non-hydrogen) atoms. The standard InChI is InChI=1S/C8H16N2/c1-2-10-8(9)7-5-3-4-6-7/h7H,2-6H2,1H3,(H2,9,10). The summed E-state index contributed by atoms with van der Waals surface area (Å²) in [5, 5.41) is 0. The van der Waals surface area contributed by atoms with Gasteiger partial charge in [0.15, 0.2) is 0 Å². The fourth-order valence-corrected chi connectivity index (χ4v) is 1.53. The molecule has 1 rings (SSSR count). The van der Waals surface area contributed by atoms with Gasteiger partial charge in [-0.2, -0.15) is 0 Å². The van der Waals surface area contributed by atoms with Crippen LogP contribution in [-0.2, 0) is 0 Å². The summed E-state index contributed by atoms with van der Waals surface area (Å²) in [7, 11) is 0. The molecule has 0 aromatic heterocycles. The summed E-state index contributed by atoms with van der Waals surface area (Å²) in [5.74, 6) is 1.50. The van der Waals surface area contributed by atoms with Gasteiger partial charge in [0, 0.05) is 12.5 Å². The molecule has 0 bridgehead atoms. The van der Waals surface area contributed by atoms with Crippen molar-refractivity contribution in [2.45, 2.75) is 32.6 Å². The normalized spacial score (nSPS) is 21.9. The number of nitrogens with two attached hydrogens (primary N) is 1. The van der Waals surface area contributed by atoms with Crippen molar-refractivity contribution in [3.63, 3.8) is 0 Å². The van der Waals surface area contributed by atoms with Crippen LogP contribution in [0.4, 0.5) is 0 Å². The third-order valence-electron chi connectivity index (χ3n) is 2.11. The Morgan fingerprint density at radius 2 is 2.10 bits per heavy atom. The molecular weight excluding hydrogens is 124 g/mol. The van der Waals surface area contributed by atoms with E-state index in [9.17, 15) is 0 Å². The molecule has 0 radical (unpaired) electrons. The van der Waals surface area contributed by atoms with Crippen LogP contribution in [0.1, 0.15) is 32.6 Å². The van der Waals surface area contributed by atoms with Crippen LogP contribution in [0, 0.1) is 5.92 Å². The van der Waals surface area contributed by atoms with Crippen LogP contribution in [0.2, 0.25) is 0 Å². The maximum absolute atomic E-state index is 5.74. The molecule has 2 nitrogen and oxygen atoms in total. The van der Waals surface area contributed by atoms with E-state index in [2.05, 4.69) is 4.99 Å². The summed E-state index contributed by atoms with van der Waals surface area (Å²) in [6.45, 7) is 2.87. The highest BCUT2D eigenvalue weighted by Gasteiger charge is 2.17. The molecule has 58 valence electrons. The molecule has 1 saturated carbocycles. The highest BCUT2D eigenvalue weighted by Crippen LogP contribution is 2.24. The van der Waals surface area contributed by atoms with Crippen LogP contribution in [0.25, 0.3) is 0 Å². The van der Waals surface area contributed by atoms with Crippen LogP contribution >= 0.6 is 0 Å². The Morgan fingerprint density at radius 3 is 2.60 bits per heavy atom. The van der Waals surface area contributed by atoms with E-state index in [0.717, 1.165) is 12.4 Å².